The summed E-state index contributed by atoms with van der Waals surface area (Å²) in [5.74, 6) is 0.400. The molecular formula is C14H20N4O2. The molecule has 0 spiro atoms. The van der Waals surface area contributed by atoms with Crippen molar-refractivity contribution in [2.75, 3.05) is 27.2 Å². The van der Waals surface area contributed by atoms with Crippen LogP contribution in [0.4, 0.5) is 0 Å². The number of nitrogens with zero attached hydrogens (tertiary/aromatic N) is 4. The van der Waals surface area contributed by atoms with Crippen LogP contribution in [0.1, 0.15) is 29.8 Å². The molecule has 20 heavy (non-hydrogen) atoms. The molecule has 2 saturated heterocycles. The predicted molar refractivity (Wildman–Crippen MR) is 73.7 cm³/mol. The summed E-state index contributed by atoms with van der Waals surface area (Å²) in [6.45, 7) is 1.59. The van der Waals surface area contributed by atoms with Crippen molar-refractivity contribution < 1.29 is 9.53 Å². The van der Waals surface area contributed by atoms with Crippen LogP contribution in [0.3, 0.4) is 0 Å². The number of ether oxygens (including phenoxy) is 1. The van der Waals surface area contributed by atoms with Crippen LogP contribution >= 0.6 is 0 Å². The zero-order chi connectivity index (χ0) is 14.1. The van der Waals surface area contributed by atoms with E-state index in [4.69, 9.17) is 4.74 Å². The SMILES string of the molecule is COc1ccc(C(=O)N2CCC3CCC(C2)N3C)nn1. The van der Waals surface area contributed by atoms with E-state index < -0.39 is 0 Å². The second kappa shape index (κ2) is 5.36. The number of carbonyl (C=O) groups excluding carboxylic acids is 1. The number of amides is 1. The summed E-state index contributed by atoms with van der Waals surface area (Å²) in [5, 5.41) is 7.83. The highest BCUT2D eigenvalue weighted by Gasteiger charge is 2.36. The number of hydrogen-bond donors (Lipinski definition) is 0. The Morgan fingerprint density at radius 1 is 1.25 bits per heavy atom. The Balaban J connectivity index is 1.73. The minimum absolute atomic E-state index is 0.0268. The molecule has 2 aliphatic rings. The second-order valence-electron chi connectivity index (χ2n) is 5.55. The maximum atomic E-state index is 12.5. The molecule has 2 aliphatic heterocycles. The van der Waals surface area contributed by atoms with Crippen molar-refractivity contribution in [2.45, 2.75) is 31.3 Å². The van der Waals surface area contributed by atoms with Gasteiger partial charge in [0.2, 0.25) is 5.88 Å². The van der Waals surface area contributed by atoms with Gasteiger partial charge in [0, 0.05) is 31.2 Å². The molecule has 2 atom stereocenters. The lowest BCUT2D eigenvalue weighted by Gasteiger charge is -2.25. The molecule has 1 amide bonds. The Hall–Kier alpha value is -1.69. The van der Waals surface area contributed by atoms with E-state index in [0.717, 1.165) is 19.5 Å². The van der Waals surface area contributed by atoms with Gasteiger partial charge < -0.3 is 9.64 Å². The average molecular weight is 276 g/mol. The largest absolute Gasteiger partial charge is 0.480 e. The minimum atomic E-state index is -0.0268. The molecule has 0 aliphatic carbocycles. The molecule has 0 N–H and O–H groups in total. The van der Waals surface area contributed by atoms with Gasteiger partial charge in [-0.1, -0.05) is 0 Å². The lowest BCUT2D eigenvalue weighted by molar-refractivity contribution is 0.0733. The monoisotopic (exact) mass is 276 g/mol. The van der Waals surface area contributed by atoms with Gasteiger partial charge in [0.1, 0.15) is 0 Å². The predicted octanol–water partition coefficient (Wildman–Crippen LogP) is 0.794. The fourth-order valence-corrected chi connectivity index (χ4v) is 3.20. The molecule has 0 radical (unpaired) electrons. The van der Waals surface area contributed by atoms with E-state index in [-0.39, 0.29) is 5.91 Å². The van der Waals surface area contributed by atoms with Gasteiger partial charge in [-0.05, 0) is 32.4 Å². The lowest BCUT2D eigenvalue weighted by Crippen LogP contribution is -2.40. The summed E-state index contributed by atoms with van der Waals surface area (Å²) < 4.78 is 4.96. The standard InChI is InChI=1S/C14H20N4O2/c1-17-10-3-4-11(17)9-18(8-7-10)14(19)12-5-6-13(20-2)16-15-12/h5-6,10-11H,3-4,7-9H2,1-2H3. The molecule has 1 aromatic rings. The molecule has 3 heterocycles. The summed E-state index contributed by atoms with van der Waals surface area (Å²) >= 11 is 0. The highest BCUT2D eigenvalue weighted by molar-refractivity contribution is 5.92. The van der Waals surface area contributed by atoms with Crippen molar-refractivity contribution in [1.82, 2.24) is 20.0 Å². The van der Waals surface area contributed by atoms with E-state index in [1.54, 1.807) is 12.1 Å². The molecule has 6 nitrogen and oxygen atoms in total. The van der Waals surface area contributed by atoms with E-state index in [0.29, 0.717) is 23.7 Å². The molecule has 2 unspecified atom stereocenters. The highest BCUT2D eigenvalue weighted by atomic mass is 16.5. The van der Waals surface area contributed by atoms with Crippen LogP contribution in [0.25, 0.3) is 0 Å². The van der Waals surface area contributed by atoms with Crippen molar-refractivity contribution in [3.05, 3.63) is 17.8 Å². The van der Waals surface area contributed by atoms with E-state index in [2.05, 4.69) is 22.1 Å². The van der Waals surface area contributed by atoms with Gasteiger partial charge in [-0.3, -0.25) is 9.69 Å². The third-order valence-electron chi connectivity index (χ3n) is 4.50. The quantitative estimate of drug-likeness (QED) is 0.799. The summed E-state index contributed by atoms with van der Waals surface area (Å²) in [6.07, 6.45) is 3.48. The van der Waals surface area contributed by atoms with E-state index in [9.17, 15) is 4.79 Å². The Bertz CT molecular complexity index is 490. The van der Waals surface area contributed by atoms with E-state index in [1.807, 2.05) is 4.90 Å². The van der Waals surface area contributed by atoms with Crippen LogP contribution in [0.15, 0.2) is 12.1 Å². The lowest BCUT2D eigenvalue weighted by atomic mass is 10.1. The van der Waals surface area contributed by atoms with Gasteiger partial charge in [-0.2, -0.15) is 0 Å². The smallest absolute Gasteiger partial charge is 0.274 e. The normalized spacial score (nSPS) is 26.4. The molecule has 2 bridgehead atoms. The number of likely N-dealkylation sites (N-methyl/N-ethyl adjacent to an activating group) is 1. The van der Waals surface area contributed by atoms with Gasteiger partial charge in [0.25, 0.3) is 5.91 Å². The van der Waals surface area contributed by atoms with Crippen LogP contribution in [0, 0.1) is 0 Å². The maximum Gasteiger partial charge on any atom is 0.274 e. The van der Waals surface area contributed by atoms with Crippen LogP contribution < -0.4 is 4.74 Å². The number of carbonyl (C=O) groups is 1. The first-order valence-electron chi connectivity index (χ1n) is 7.08. The fourth-order valence-electron chi connectivity index (χ4n) is 3.20. The summed E-state index contributed by atoms with van der Waals surface area (Å²) in [7, 11) is 3.70. The first kappa shape index (κ1) is 13.3. The Morgan fingerprint density at radius 2 is 2.05 bits per heavy atom. The van der Waals surface area contributed by atoms with Crippen LogP contribution in [-0.2, 0) is 0 Å². The van der Waals surface area contributed by atoms with E-state index in [1.165, 1.54) is 20.0 Å². The molecule has 3 rings (SSSR count). The minimum Gasteiger partial charge on any atom is -0.480 e. The number of rotatable bonds is 2. The number of likely N-dealkylation sites (tertiary alicyclic amines) is 1. The zero-order valence-electron chi connectivity index (χ0n) is 12.0. The van der Waals surface area contributed by atoms with Crippen LogP contribution in [0.5, 0.6) is 5.88 Å². The number of aromatic nitrogens is 2. The summed E-state index contributed by atoms with van der Waals surface area (Å²) in [4.78, 5) is 16.8. The van der Waals surface area contributed by atoms with Gasteiger partial charge >= 0.3 is 0 Å². The van der Waals surface area contributed by atoms with Gasteiger partial charge in [0.05, 0.1) is 7.11 Å². The average Bonchev–Trinajstić information content (AvgIpc) is 2.72. The van der Waals surface area contributed by atoms with Crippen molar-refractivity contribution in [2.24, 2.45) is 0 Å². The maximum absolute atomic E-state index is 12.5. The van der Waals surface area contributed by atoms with Crippen molar-refractivity contribution in [3.63, 3.8) is 0 Å². The summed E-state index contributed by atoms with van der Waals surface area (Å²) in [6, 6.07) is 4.47. The molecule has 0 saturated carbocycles. The Labute approximate surface area is 118 Å². The third-order valence-corrected chi connectivity index (χ3v) is 4.50. The first-order chi connectivity index (χ1) is 9.69. The molecule has 6 heteroatoms. The molecular weight excluding hydrogens is 256 g/mol. The molecule has 108 valence electrons. The topological polar surface area (TPSA) is 58.6 Å². The zero-order valence-corrected chi connectivity index (χ0v) is 12.0. The number of hydrogen-bond acceptors (Lipinski definition) is 5. The molecule has 0 aromatic carbocycles. The van der Waals surface area contributed by atoms with Crippen molar-refractivity contribution >= 4 is 5.91 Å². The Morgan fingerprint density at radius 3 is 2.75 bits per heavy atom. The van der Waals surface area contributed by atoms with Crippen LogP contribution in [0.2, 0.25) is 0 Å². The highest BCUT2D eigenvalue weighted by Crippen LogP contribution is 2.28. The van der Waals surface area contributed by atoms with Crippen molar-refractivity contribution in [3.8, 4) is 5.88 Å². The summed E-state index contributed by atoms with van der Waals surface area (Å²) in [5.41, 5.74) is 0.395. The van der Waals surface area contributed by atoms with Crippen molar-refractivity contribution in [1.29, 1.82) is 0 Å². The Kier molecular flexibility index (Phi) is 3.56. The van der Waals surface area contributed by atoms with Gasteiger partial charge in [0.15, 0.2) is 5.69 Å². The first-order valence-corrected chi connectivity index (χ1v) is 7.08. The number of fused-ring (bicyclic) bond motifs is 2. The van der Waals surface area contributed by atoms with Gasteiger partial charge in [-0.15, -0.1) is 10.2 Å². The van der Waals surface area contributed by atoms with Crippen LogP contribution in [-0.4, -0.2) is 65.2 Å². The third kappa shape index (κ3) is 2.35. The molecule has 2 fully saturated rings. The number of methoxy groups -OCH3 is 1. The van der Waals surface area contributed by atoms with E-state index >= 15 is 0 Å². The fraction of sp³-hybridized carbons (Fsp3) is 0.643. The molecule has 1 aromatic heterocycles. The second-order valence-corrected chi connectivity index (χ2v) is 5.55. The van der Waals surface area contributed by atoms with Gasteiger partial charge in [-0.25, -0.2) is 0 Å².